The molecule has 0 saturated heterocycles. The molecule has 0 fully saturated rings. The van der Waals surface area contributed by atoms with Crippen LogP contribution in [0.15, 0.2) is 58.9 Å². The van der Waals surface area contributed by atoms with E-state index in [1.165, 1.54) is 23.1 Å². The van der Waals surface area contributed by atoms with E-state index in [1.54, 1.807) is 0 Å². The first-order valence-electron chi connectivity index (χ1n) is 8.50. The Balaban J connectivity index is 1.59. The van der Waals surface area contributed by atoms with E-state index < -0.39 is 0 Å². The molecule has 3 aromatic rings. The standard InChI is InChI=1S/C19H20N4O2S2/c1-3-25-16-12-8-7-11-15(16)21-17(24)13(2)26-19-23-22-18(27-19)20-14-9-5-4-6-10-14/h4-13H,3H2,1-2H3,(H,20,22)(H,21,24)/t13-/m0/s1. The van der Waals surface area contributed by atoms with Gasteiger partial charge in [-0.2, -0.15) is 0 Å². The lowest BCUT2D eigenvalue weighted by atomic mass is 10.3. The summed E-state index contributed by atoms with van der Waals surface area (Å²) in [5.41, 5.74) is 1.61. The fourth-order valence-electron chi connectivity index (χ4n) is 2.24. The van der Waals surface area contributed by atoms with Crippen molar-refractivity contribution in [3.63, 3.8) is 0 Å². The number of nitrogens with one attached hydrogen (secondary N) is 2. The first kappa shape index (κ1) is 19.2. The number of rotatable bonds is 8. The van der Waals surface area contributed by atoms with Gasteiger partial charge >= 0.3 is 0 Å². The molecular formula is C19H20N4O2S2. The van der Waals surface area contributed by atoms with Crippen molar-refractivity contribution in [3.05, 3.63) is 54.6 Å². The number of amides is 1. The summed E-state index contributed by atoms with van der Waals surface area (Å²) in [7, 11) is 0. The average molecular weight is 401 g/mol. The second-order valence-corrected chi connectivity index (χ2v) is 8.11. The van der Waals surface area contributed by atoms with Gasteiger partial charge in [-0.05, 0) is 38.1 Å². The van der Waals surface area contributed by atoms with E-state index >= 15 is 0 Å². The third kappa shape index (κ3) is 5.45. The highest BCUT2D eigenvalue weighted by molar-refractivity contribution is 8.02. The van der Waals surface area contributed by atoms with Crippen molar-refractivity contribution in [2.75, 3.05) is 17.2 Å². The maximum absolute atomic E-state index is 12.5. The fourth-order valence-corrected chi connectivity index (χ4v) is 4.16. The Morgan fingerprint density at radius 1 is 1.15 bits per heavy atom. The molecule has 0 bridgehead atoms. The summed E-state index contributed by atoms with van der Waals surface area (Å²) >= 11 is 2.79. The molecule has 6 nitrogen and oxygen atoms in total. The van der Waals surface area contributed by atoms with Gasteiger partial charge in [0.1, 0.15) is 5.75 Å². The zero-order valence-corrected chi connectivity index (χ0v) is 16.6. The quantitative estimate of drug-likeness (QED) is 0.529. The number of hydrogen-bond acceptors (Lipinski definition) is 7. The number of carbonyl (C=O) groups is 1. The van der Waals surface area contributed by atoms with E-state index in [9.17, 15) is 4.79 Å². The van der Waals surface area contributed by atoms with Gasteiger partial charge in [-0.15, -0.1) is 10.2 Å². The fraction of sp³-hybridized carbons (Fsp3) is 0.211. The van der Waals surface area contributed by atoms with Crippen LogP contribution in [0.5, 0.6) is 5.75 Å². The van der Waals surface area contributed by atoms with Crippen LogP contribution in [0, 0.1) is 0 Å². The van der Waals surface area contributed by atoms with Crippen molar-refractivity contribution in [2.45, 2.75) is 23.4 Å². The summed E-state index contributed by atoms with van der Waals surface area (Å²) in [5, 5.41) is 14.8. The monoisotopic (exact) mass is 400 g/mol. The smallest absolute Gasteiger partial charge is 0.237 e. The van der Waals surface area contributed by atoms with Crippen LogP contribution in [0.3, 0.4) is 0 Å². The summed E-state index contributed by atoms with van der Waals surface area (Å²) in [5.74, 6) is 0.552. The zero-order chi connectivity index (χ0) is 19.1. The first-order valence-corrected chi connectivity index (χ1v) is 10.2. The van der Waals surface area contributed by atoms with E-state index in [4.69, 9.17) is 4.74 Å². The van der Waals surface area contributed by atoms with Crippen LogP contribution in [-0.4, -0.2) is 28.0 Å². The van der Waals surface area contributed by atoms with Crippen LogP contribution >= 0.6 is 23.1 Å². The van der Waals surface area contributed by atoms with Crippen LogP contribution < -0.4 is 15.4 Å². The second-order valence-electron chi connectivity index (χ2n) is 5.54. The normalized spacial score (nSPS) is 11.6. The van der Waals surface area contributed by atoms with E-state index in [0.29, 0.717) is 23.2 Å². The molecule has 0 saturated carbocycles. The van der Waals surface area contributed by atoms with Gasteiger partial charge in [0.05, 0.1) is 17.5 Å². The van der Waals surface area contributed by atoms with Gasteiger partial charge in [0.2, 0.25) is 11.0 Å². The van der Waals surface area contributed by atoms with E-state index in [-0.39, 0.29) is 11.2 Å². The minimum absolute atomic E-state index is 0.111. The first-order chi connectivity index (χ1) is 13.2. The maximum Gasteiger partial charge on any atom is 0.237 e. The number of nitrogens with zero attached hydrogens (tertiary/aromatic N) is 2. The largest absolute Gasteiger partial charge is 0.492 e. The lowest BCUT2D eigenvalue weighted by molar-refractivity contribution is -0.115. The van der Waals surface area contributed by atoms with Crippen LogP contribution in [0.2, 0.25) is 0 Å². The van der Waals surface area contributed by atoms with Crippen molar-refractivity contribution in [3.8, 4) is 5.75 Å². The van der Waals surface area contributed by atoms with Crippen LogP contribution in [-0.2, 0) is 4.79 Å². The number of ether oxygens (including phenoxy) is 1. The number of benzene rings is 2. The molecule has 140 valence electrons. The highest BCUT2D eigenvalue weighted by Crippen LogP contribution is 2.31. The summed E-state index contributed by atoms with van der Waals surface area (Å²) in [4.78, 5) is 12.5. The molecule has 2 N–H and O–H groups in total. The molecule has 0 spiro atoms. The predicted octanol–water partition coefficient (Wildman–Crippen LogP) is 4.80. The van der Waals surface area contributed by atoms with Crippen LogP contribution in [0.1, 0.15) is 13.8 Å². The molecule has 3 rings (SSSR count). The summed E-state index contributed by atoms with van der Waals surface area (Å²) < 4.78 is 6.28. The van der Waals surface area contributed by atoms with Crippen molar-refractivity contribution in [1.82, 2.24) is 10.2 Å². The van der Waals surface area contributed by atoms with Crippen LogP contribution in [0.25, 0.3) is 0 Å². The second kappa shape index (κ2) is 9.38. The maximum atomic E-state index is 12.5. The molecule has 8 heteroatoms. The third-order valence-electron chi connectivity index (χ3n) is 3.52. The highest BCUT2D eigenvalue weighted by atomic mass is 32.2. The Hall–Kier alpha value is -2.58. The van der Waals surface area contributed by atoms with E-state index in [2.05, 4.69) is 20.8 Å². The molecule has 1 aromatic heterocycles. The Labute approximate surface area is 166 Å². The Bertz CT molecular complexity index is 886. The Kier molecular flexibility index (Phi) is 6.67. The van der Waals surface area contributed by atoms with Gasteiger partial charge in [0, 0.05) is 5.69 Å². The van der Waals surface area contributed by atoms with Gasteiger partial charge in [-0.3, -0.25) is 4.79 Å². The summed E-state index contributed by atoms with van der Waals surface area (Å²) in [6, 6.07) is 17.2. The molecule has 1 atom stereocenters. The van der Waals surface area contributed by atoms with Gasteiger partial charge in [0.15, 0.2) is 4.34 Å². The zero-order valence-electron chi connectivity index (χ0n) is 15.0. The number of thioether (sulfide) groups is 1. The molecule has 0 aliphatic carbocycles. The molecule has 1 heterocycles. The van der Waals surface area contributed by atoms with Crippen LogP contribution in [0.4, 0.5) is 16.5 Å². The molecule has 1 amide bonds. The van der Waals surface area contributed by atoms with Gasteiger partial charge < -0.3 is 15.4 Å². The summed E-state index contributed by atoms with van der Waals surface area (Å²) in [6.45, 7) is 4.29. The Morgan fingerprint density at radius 3 is 2.67 bits per heavy atom. The Morgan fingerprint density at radius 2 is 1.89 bits per heavy atom. The minimum atomic E-state index is -0.322. The highest BCUT2D eigenvalue weighted by Gasteiger charge is 2.18. The molecule has 0 aliphatic rings. The van der Waals surface area contributed by atoms with Crippen molar-refractivity contribution in [2.24, 2.45) is 0 Å². The number of carbonyl (C=O) groups excluding carboxylic acids is 1. The molecule has 0 radical (unpaired) electrons. The van der Waals surface area contributed by atoms with Crippen molar-refractivity contribution < 1.29 is 9.53 Å². The lowest BCUT2D eigenvalue weighted by Crippen LogP contribution is -2.22. The third-order valence-corrected chi connectivity index (χ3v) is 5.55. The predicted molar refractivity (Wildman–Crippen MR) is 111 cm³/mol. The number of para-hydroxylation sites is 3. The topological polar surface area (TPSA) is 76.1 Å². The minimum Gasteiger partial charge on any atom is -0.492 e. The van der Waals surface area contributed by atoms with E-state index in [1.807, 2.05) is 68.4 Å². The van der Waals surface area contributed by atoms with Gasteiger partial charge in [-0.25, -0.2) is 0 Å². The van der Waals surface area contributed by atoms with Crippen molar-refractivity contribution >= 4 is 45.5 Å². The lowest BCUT2D eigenvalue weighted by Gasteiger charge is -2.13. The molecule has 27 heavy (non-hydrogen) atoms. The van der Waals surface area contributed by atoms with E-state index in [0.717, 1.165) is 10.0 Å². The van der Waals surface area contributed by atoms with Gasteiger partial charge in [-0.1, -0.05) is 53.4 Å². The van der Waals surface area contributed by atoms with Crippen molar-refractivity contribution in [1.29, 1.82) is 0 Å². The number of aromatic nitrogens is 2. The summed E-state index contributed by atoms with van der Waals surface area (Å²) in [6.07, 6.45) is 0. The average Bonchev–Trinajstić information content (AvgIpc) is 3.11. The number of anilines is 3. The molecule has 0 unspecified atom stereocenters. The SMILES string of the molecule is CCOc1ccccc1NC(=O)[C@H](C)Sc1nnc(Nc2ccccc2)s1. The molecule has 2 aromatic carbocycles. The molecule has 0 aliphatic heterocycles. The van der Waals surface area contributed by atoms with Gasteiger partial charge in [0.25, 0.3) is 0 Å². The number of hydrogen-bond donors (Lipinski definition) is 2. The molecular weight excluding hydrogens is 380 g/mol.